The summed E-state index contributed by atoms with van der Waals surface area (Å²) in [6.07, 6.45) is 0. The number of rotatable bonds is 2. The largest absolute Gasteiger partial charge is 0.507 e. The molecule has 0 aliphatic heterocycles. The first kappa shape index (κ1) is 8.74. The van der Waals surface area contributed by atoms with Gasteiger partial charge in [-0.3, -0.25) is 4.79 Å². The highest BCUT2D eigenvalue weighted by Crippen LogP contribution is 2.20. The fourth-order valence-corrected chi connectivity index (χ4v) is 1.12. The Labute approximate surface area is 70.8 Å². The van der Waals surface area contributed by atoms with Crippen molar-refractivity contribution in [2.45, 2.75) is 6.92 Å². The first-order valence-electron chi connectivity index (χ1n) is 3.68. The Morgan fingerprint density at radius 2 is 2.25 bits per heavy atom. The van der Waals surface area contributed by atoms with Crippen LogP contribution >= 0.6 is 0 Å². The standard InChI is InChI=1S/C9H11NO2/c1-6-3-2-4-7(11)9(6)8(12)5-10/h2-4,11H,5,10H2,1H3. The highest BCUT2D eigenvalue weighted by atomic mass is 16.3. The molecule has 0 heterocycles. The Kier molecular flexibility index (Phi) is 2.45. The smallest absolute Gasteiger partial charge is 0.180 e. The first-order valence-corrected chi connectivity index (χ1v) is 3.68. The van der Waals surface area contributed by atoms with E-state index in [0.29, 0.717) is 5.56 Å². The fraction of sp³-hybridized carbons (Fsp3) is 0.222. The molecule has 0 amide bonds. The van der Waals surface area contributed by atoms with Crippen LogP contribution in [0.4, 0.5) is 0 Å². The van der Waals surface area contributed by atoms with Crippen molar-refractivity contribution in [2.75, 3.05) is 6.54 Å². The van der Waals surface area contributed by atoms with Crippen LogP contribution in [-0.4, -0.2) is 17.4 Å². The molecular formula is C9H11NO2. The van der Waals surface area contributed by atoms with Gasteiger partial charge in [-0.15, -0.1) is 0 Å². The van der Waals surface area contributed by atoms with Crippen molar-refractivity contribution in [1.82, 2.24) is 0 Å². The summed E-state index contributed by atoms with van der Waals surface area (Å²) in [7, 11) is 0. The van der Waals surface area contributed by atoms with E-state index in [4.69, 9.17) is 5.73 Å². The van der Waals surface area contributed by atoms with Gasteiger partial charge < -0.3 is 10.8 Å². The van der Waals surface area contributed by atoms with Gasteiger partial charge in [-0.25, -0.2) is 0 Å². The number of carbonyl (C=O) groups excluding carboxylic acids is 1. The van der Waals surface area contributed by atoms with Gasteiger partial charge in [-0.05, 0) is 18.6 Å². The van der Waals surface area contributed by atoms with Gasteiger partial charge in [-0.2, -0.15) is 0 Å². The molecule has 3 heteroatoms. The molecule has 0 bridgehead atoms. The maximum Gasteiger partial charge on any atom is 0.180 e. The third-order valence-corrected chi connectivity index (χ3v) is 1.72. The zero-order valence-electron chi connectivity index (χ0n) is 6.87. The molecule has 0 saturated heterocycles. The van der Waals surface area contributed by atoms with E-state index in [-0.39, 0.29) is 18.1 Å². The number of hydrogen-bond acceptors (Lipinski definition) is 3. The summed E-state index contributed by atoms with van der Waals surface area (Å²) in [4.78, 5) is 11.2. The van der Waals surface area contributed by atoms with Crippen LogP contribution in [0.25, 0.3) is 0 Å². The monoisotopic (exact) mass is 165 g/mol. The normalized spacial score (nSPS) is 9.83. The van der Waals surface area contributed by atoms with Crippen molar-refractivity contribution in [2.24, 2.45) is 5.73 Å². The molecule has 0 spiro atoms. The molecule has 1 aromatic carbocycles. The third-order valence-electron chi connectivity index (χ3n) is 1.72. The second-order valence-corrected chi connectivity index (χ2v) is 2.60. The number of carbonyl (C=O) groups is 1. The Balaban J connectivity index is 3.21. The molecule has 64 valence electrons. The Bertz CT molecular complexity index is 287. The van der Waals surface area contributed by atoms with Gasteiger partial charge in [0.25, 0.3) is 0 Å². The van der Waals surface area contributed by atoms with E-state index in [1.165, 1.54) is 6.07 Å². The average molecular weight is 165 g/mol. The number of benzene rings is 1. The lowest BCUT2D eigenvalue weighted by atomic mass is 10.0. The number of phenolic OH excluding ortho intramolecular Hbond substituents is 1. The van der Waals surface area contributed by atoms with E-state index in [1.54, 1.807) is 19.1 Å². The second kappa shape index (κ2) is 3.36. The molecule has 0 aliphatic carbocycles. The quantitative estimate of drug-likeness (QED) is 0.638. The van der Waals surface area contributed by atoms with Crippen molar-refractivity contribution < 1.29 is 9.90 Å². The van der Waals surface area contributed by atoms with Gasteiger partial charge in [0.1, 0.15) is 5.75 Å². The zero-order chi connectivity index (χ0) is 9.14. The minimum atomic E-state index is -0.231. The first-order chi connectivity index (χ1) is 5.66. The fourth-order valence-electron chi connectivity index (χ4n) is 1.12. The molecule has 0 fully saturated rings. The minimum Gasteiger partial charge on any atom is -0.507 e. The average Bonchev–Trinajstić information content (AvgIpc) is 2.03. The van der Waals surface area contributed by atoms with Crippen LogP contribution in [0.15, 0.2) is 18.2 Å². The van der Waals surface area contributed by atoms with Gasteiger partial charge in [0.05, 0.1) is 12.1 Å². The summed E-state index contributed by atoms with van der Waals surface area (Å²) >= 11 is 0. The molecule has 0 radical (unpaired) electrons. The molecule has 1 rings (SSSR count). The van der Waals surface area contributed by atoms with E-state index < -0.39 is 0 Å². The van der Waals surface area contributed by atoms with Crippen LogP contribution in [0, 0.1) is 6.92 Å². The maximum atomic E-state index is 11.2. The van der Waals surface area contributed by atoms with E-state index in [2.05, 4.69) is 0 Å². The number of ketones is 1. The number of Topliss-reactive ketones (excluding diaryl/α,β-unsaturated/α-hetero) is 1. The third kappa shape index (κ3) is 1.46. The van der Waals surface area contributed by atoms with Crippen LogP contribution in [-0.2, 0) is 0 Å². The van der Waals surface area contributed by atoms with Crippen LogP contribution in [0.3, 0.4) is 0 Å². The Morgan fingerprint density at radius 1 is 1.58 bits per heavy atom. The maximum absolute atomic E-state index is 11.2. The summed E-state index contributed by atoms with van der Waals surface area (Å²) in [6, 6.07) is 4.94. The van der Waals surface area contributed by atoms with E-state index in [9.17, 15) is 9.90 Å². The van der Waals surface area contributed by atoms with Gasteiger partial charge in [-0.1, -0.05) is 12.1 Å². The van der Waals surface area contributed by atoms with Crippen molar-refractivity contribution in [3.05, 3.63) is 29.3 Å². The summed E-state index contributed by atoms with van der Waals surface area (Å²) in [5.41, 5.74) is 6.27. The van der Waals surface area contributed by atoms with Gasteiger partial charge >= 0.3 is 0 Å². The molecule has 0 atom stereocenters. The SMILES string of the molecule is Cc1cccc(O)c1C(=O)CN. The molecule has 0 unspecified atom stereocenters. The molecule has 1 aromatic rings. The topological polar surface area (TPSA) is 63.3 Å². The minimum absolute atomic E-state index is 0.00505. The summed E-state index contributed by atoms with van der Waals surface area (Å²) in [5.74, 6) is -0.226. The summed E-state index contributed by atoms with van der Waals surface area (Å²) in [5, 5.41) is 9.32. The number of aryl methyl sites for hydroxylation is 1. The Morgan fingerprint density at radius 3 is 2.75 bits per heavy atom. The molecule has 12 heavy (non-hydrogen) atoms. The summed E-state index contributed by atoms with van der Waals surface area (Å²) in [6.45, 7) is 1.70. The molecule has 0 aliphatic rings. The van der Waals surface area contributed by atoms with Crippen LogP contribution in [0.1, 0.15) is 15.9 Å². The van der Waals surface area contributed by atoms with E-state index >= 15 is 0 Å². The van der Waals surface area contributed by atoms with Crippen LogP contribution < -0.4 is 5.73 Å². The molecule has 0 aromatic heterocycles. The van der Waals surface area contributed by atoms with Crippen molar-refractivity contribution in [3.63, 3.8) is 0 Å². The number of phenols is 1. The highest BCUT2D eigenvalue weighted by Gasteiger charge is 2.10. The molecular weight excluding hydrogens is 154 g/mol. The molecule has 3 nitrogen and oxygen atoms in total. The van der Waals surface area contributed by atoms with E-state index in [1.807, 2.05) is 0 Å². The predicted molar refractivity (Wildman–Crippen MR) is 46.2 cm³/mol. The number of hydrogen-bond donors (Lipinski definition) is 2. The van der Waals surface area contributed by atoms with Crippen LogP contribution in [0.2, 0.25) is 0 Å². The van der Waals surface area contributed by atoms with Crippen LogP contribution in [0.5, 0.6) is 5.75 Å². The van der Waals surface area contributed by atoms with Gasteiger partial charge in [0.15, 0.2) is 5.78 Å². The Hall–Kier alpha value is -1.35. The summed E-state index contributed by atoms with van der Waals surface area (Å²) < 4.78 is 0. The number of nitrogens with two attached hydrogens (primary N) is 1. The molecule has 0 saturated carbocycles. The second-order valence-electron chi connectivity index (χ2n) is 2.60. The van der Waals surface area contributed by atoms with Crippen molar-refractivity contribution in [3.8, 4) is 5.75 Å². The zero-order valence-corrected chi connectivity index (χ0v) is 6.87. The van der Waals surface area contributed by atoms with Crippen molar-refractivity contribution in [1.29, 1.82) is 0 Å². The predicted octanol–water partition coefficient (Wildman–Crippen LogP) is 0.842. The van der Waals surface area contributed by atoms with Crippen molar-refractivity contribution >= 4 is 5.78 Å². The van der Waals surface area contributed by atoms with Gasteiger partial charge in [0, 0.05) is 0 Å². The molecule has 3 N–H and O–H groups in total. The lowest BCUT2D eigenvalue weighted by Gasteiger charge is -2.04. The van der Waals surface area contributed by atoms with E-state index in [0.717, 1.165) is 5.56 Å². The highest BCUT2D eigenvalue weighted by molar-refractivity contribution is 6.01. The lowest BCUT2D eigenvalue weighted by molar-refractivity contribution is 0.0998. The lowest BCUT2D eigenvalue weighted by Crippen LogP contribution is -2.14. The van der Waals surface area contributed by atoms with Gasteiger partial charge in [0.2, 0.25) is 0 Å². The number of aromatic hydroxyl groups is 1.